The largest absolute Gasteiger partial charge is 0.420 e. The Morgan fingerprint density at radius 1 is 1.14 bits per heavy atom. The molecule has 0 fully saturated rings. The van der Waals surface area contributed by atoms with Crippen molar-refractivity contribution in [3.8, 4) is 21.9 Å². The van der Waals surface area contributed by atoms with Crippen molar-refractivity contribution in [2.24, 2.45) is 0 Å². The second-order valence-electron chi connectivity index (χ2n) is 7.79. The number of allylic oxidation sites excluding steroid dienone is 1. The number of nitrogens with zero attached hydrogens (tertiary/aromatic N) is 5. The van der Waals surface area contributed by atoms with Crippen LogP contribution in [-0.4, -0.2) is 24.7 Å². The minimum absolute atomic E-state index is 0.0186. The molecule has 3 heterocycles. The van der Waals surface area contributed by atoms with E-state index in [-0.39, 0.29) is 17.1 Å². The predicted molar refractivity (Wildman–Crippen MR) is 140 cm³/mol. The summed E-state index contributed by atoms with van der Waals surface area (Å²) in [6.07, 6.45) is 1.66. The maximum Gasteiger partial charge on any atom is 0.269 e. The Kier molecular flexibility index (Phi) is 6.49. The van der Waals surface area contributed by atoms with Gasteiger partial charge >= 0.3 is 0 Å². The van der Waals surface area contributed by atoms with E-state index in [1.54, 1.807) is 22.8 Å². The van der Waals surface area contributed by atoms with Gasteiger partial charge in [-0.25, -0.2) is 4.98 Å². The Morgan fingerprint density at radius 3 is 2.58 bits per heavy atom. The minimum atomic E-state index is -0.468. The van der Waals surface area contributed by atoms with Crippen LogP contribution in [0.2, 0.25) is 0 Å². The molecule has 36 heavy (non-hydrogen) atoms. The third-order valence-corrected chi connectivity index (χ3v) is 7.68. The SMILES string of the molecule is C=CCn1c(SCc2nnc(-c3ccc([N+](=O)[O-])cc3)o2)nc2sc(-c3ccccc3)c(C)c2c1=O. The second kappa shape index (κ2) is 9.88. The summed E-state index contributed by atoms with van der Waals surface area (Å²) in [5, 5.41) is 20.1. The zero-order valence-electron chi connectivity index (χ0n) is 19.1. The number of fused-ring (bicyclic) bond motifs is 1. The van der Waals surface area contributed by atoms with E-state index in [4.69, 9.17) is 9.40 Å². The highest BCUT2D eigenvalue weighted by Gasteiger charge is 2.19. The van der Waals surface area contributed by atoms with E-state index >= 15 is 0 Å². The number of nitro benzene ring substituents is 1. The summed E-state index contributed by atoms with van der Waals surface area (Å²) in [5.74, 6) is 0.902. The van der Waals surface area contributed by atoms with Crippen LogP contribution in [0.4, 0.5) is 5.69 Å². The van der Waals surface area contributed by atoms with Gasteiger partial charge in [0.1, 0.15) is 4.83 Å². The van der Waals surface area contributed by atoms with Crippen molar-refractivity contribution >= 4 is 39.0 Å². The van der Waals surface area contributed by atoms with Crippen LogP contribution >= 0.6 is 23.1 Å². The molecule has 0 aliphatic carbocycles. The van der Waals surface area contributed by atoms with Crippen molar-refractivity contribution in [3.63, 3.8) is 0 Å². The summed E-state index contributed by atoms with van der Waals surface area (Å²) in [6.45, 7) is 6.06. The number of aromatic nitrogens is 4. The number of non-ortho nitro benzene ring substituents is 1. The monoisotopic (exact) mass is 517 g/mol. The first-order chi connectivity index (χ1) is 17.5. The Hall–Kier alpha value is -4.09. The molecule has 11 heteroatoms. The van der Waals surface area contributed by atoms with Crippen molar-refractivity contribution in [2.75, 3.05) is 0 Å². The molecule has 3 aromatic heterocycles. The van der Waals surface area contributed by atoms with Crippen molar-refractivity contribution < 1.29 is 9.34 Å². The molecule has 9 nitrogen and oxygen atoms in total. The van der Waals surface area contributed by atoms with Gasteiger partial charge < -0.3 is 4.42 Å². The fourth-order valence-corrected chi connectivity index (χ4v) is 5.82. The number of hydrogen-bond acceptors (Lipinski definition) is 9. The van der Waals surface area contributed by atoms with Crippen LogP contribution < -0.4 is 5.56 Å². The Bertz CT molecular complexity index is 1640. The van der Waals surface area contributed by atoms with Gasteiger partial charge in [-0.1, -0.05) is 48.2 Å². The lowest BCUT2D eigenvalue weighted by atomic mass is 10.1. The summed E-state index contributed by atoms with van der Waals surface area (Å²) >= 11 is 2.82. The Labute approximate surface area is 213 Å². The number of aryl methyl sites for hydroxylation is 1. The van der Waals surface area contributed by atoms with E-state index in [0.717, 1.165) is 16.0 Å². The lowest BCUT2D eigenvalue weighted by Gasteiger charge is -2.09. The van der Waals surface area contributed by atoms with Gasteiger partial charge in [0.2, 0.25) is 11.8 Å². The van der Waals surface area contributed by atoms with Crippen LogP contribution in [0.1, 0.15) is 11.5 Å². The summed E-state index contributed by atoms with van der Waals surface area (Å²) < 4.78 is 7.34. The molecule has 0 spiro atoms. The normalized spacial score (nSPS) is 11.1. The molecule has 0 radical (unpaired) electrons. The molecule has 5 rings (SSSR count). The van der Waals surface area contributed by atoms with Gasteiger partial charge in [0.15, 0.2) is 5.16 Å². The molecule has 0 amide bonds. The zero-order chi connectivity index (χ0) is 25.2. The van der Waals surface area contributed by atoms with Crippen LogP contribution in [0.5, 0.6) is 0 Å². The van der Waals surface area contributed by atoms with Gasteiger partial charge in [-0.15, -0.1) is 28.1 Å². The Balaban J connectivity index is 1.45. The van der Waals surface area contributed by atoms with Crippen molar-refractivity contribution in [1.29, 1.82) is 0 Å². The fourth-order valence-electron chi connectivity index (χ4n) is 3.74. The van der Waals surface area contributed by atoms with E-state index in [2.05, 4.69) is 16.8 Å². The molecular formula is C25H19N5O4S2. The van der Waals surface area contributed by atoms with Gasteiger partial charge in [-0.05, 0) is 30.2 Å². The predicted octanol–water partition coefficient (Wildman–Crippen LogP) is 5.87. The van der Waals surface area contributed by atoms with Gasteiger partial charge in [-0.3, -0.25) is 19.5 Å². The third-order valence-electron chi connectivity index (χ3n) is 5.48. The summed E-state index contributed by atoms with van der Waals surface area (Å²) in [6, 6.07) is 15.8. The molecule has 0 bridgehead atoms. The minimum Gasteiger partial charge on any atom is -0.420 e. The van der Waals surface area contributed by atoms with E-state index in [1.165, 1.54) is 35.2 Å². The van der Waals surface area contributed by atoms with Crippen LogP contribution in [0.25, 0.3) is 32.1 Å². The third kappa shape index (κ3) is 4.45. The van der Waals surface area contributed by atoms with Crippen LogP contribution in [0.3, 0.4) is 0 Å². The highest BCUT2D eigenvalue weighted by Crippen LogP contribution is 2.36. The fraction of sp³-hybridized carbons (Fsp3) is 0.120. The Morgan fingerprint density at radius 2 is 1.89 bits per heavy atom. The lowest BCUT2D eigenvalue weighted by molar-refractivity contribution is -0.384. The lowest BCUT2D eigenvalue weighted by Crippen LogP contribution is -2.22. The topological polar surface area (TPSA) is 117 Å². The number of hydrogen-bond donors (Lipinski definition) is 0. The average molecular weight is 518 g/mol. The first-order valence-electron chi connectivity index (χ1n) is 10.9. The van der Waals surface area contributed by atoms with Crippen molar-refractivity contribution in [3.05, 3.63) is 99.2 Å². The number of thioether (sulfide) groups is 1. The number of rotatable bonds is 8. The highest BCUT2D eigenvalue weighted by atomic mass is 32.2. The molecular weight excluding hydrogens is 498 g/mol. The van der Waals surface area contributed by atoms with Crippen LogP contribution in [0.15, 0.2) is 81.6 Å². The first-order valence-corrected chi connectivity index (χ1v) is 12.7. The quantitative estimate of drug-likeness (QED) is 0.0825. The molecule has 2 aromatic carbocycles. The highest BCUT2D eigenvalue weighted by molar-refractivity contribution is 7.98. The second-order valence-corrected chi connectivity index (χ2v) is 9.74. The maximum atomic E-state index is 13.4. The van der Waals surface area contributed by atoms with E-state index in [0.29, 0.717) is 39.1 Å². The van der Waals surface area contributed by atoms with Gasteiger partial charge in [0, 0.05) is 29.1 Å². The standard InChI is InChI=1S/C25H19N5O4S2/c1-3-13-29-24(31)20-15(2)21(16-7-5-4-6-8-16)36-23(20)26-25(29)35-14-19-27-28-22(34-19)17-9-11-18(12-10-17)30(32)33/h3-12H,1,13-14H2,2H3. The zero-order valence-corrected chi connectivity index (χ0v) is 20.7. The maximum absolute atomic E-state index is 13.4. The van der Waals surface area contributed by atoms with Gasteiger partial charge in [-0.2, -0.15) is 0 Å². The van der Waals surface area contributed by atoms with E-state index in [1.807, 2.05) is 37.3 Å². The van der Waals surface area contributed by atoms with E-state index < -0.39 is 4.92 Å². The summed E-state index contributed by atoms with van der Waals surface area (Å²) in [5.41, 5.74) is 2.41. The van der Waals surface area contributed by atoms with Gasteiger partial charge in [0.05, 0.1) is 16.1 Å². The molecule has 0 aliphatic heterocycles. The molecule has 0 N–H and O–H groups in total. The van der Waals surface area contributed by atoms with Crippen molar-refractivity contribution in [2.45, 2.75) is 24.4 Å². The molecule has 0 unspecified atom stereocenters. The molecule has 0 saturated heterocycles. The van der Waals surface area contributed by atoms with Crippen LogP contribution in [-0.2, 0) is 12.3 Å². The van der Waals surface area contributed by atoms with Crippen LogP contribution in [0, 0.1) is 17.0 Å². The average Bonchev–Trinajstić information content (AvgIpc) is 3.50. The molecule has 5 aromatic rings. The number of benzene rings is 2. The number of nitro groups is 1. The molecule has 180 valence electrons. The smallest absolute Gasteiger partial charge is 0.269 e. The van der Waals surface area contributed by atoms with Gasteiger partial charge in [0.25, 0.3) is 11.2 Å². The van der Waals surface area contributed by atoms with E-state index in [9.17, 15) is 14.9 Å². The summed E-state index contributed by atoms with van der Waals surface area (Å²) in [4.78, 5) is 30.4. The first kappa shape index (κ1) is 23.6. The summed E-state index contributed by atoms with van der Waals surface area (Å²) in [7, 11) is 0. The van der Waals surface area contributed by atoms with Crippen molar-refractivity contribution in [1.82, 2.24) is 19.7 Å². The molecule has 0 atom stereocenters. The number of thiophene rings is 1. The molecule has 0 saturated carbocycles. The molecule has 0 aliphatic rings.